The van der Waals surface area contributed by atoms with Crippen LogP contribution in [-0.2, 0) is 4.74 Å². The zero-order chi connectivity index (χ0) is 10.6. The summed E-state index contributed by atoms with van der Waals surface area (Å²) in [6.45, 7) is 7.10. The van der Waals surface area contributed by atoms with Gasteiger partial charge in [-0.25, -0.2) is 0 Å². The van der Waals surface area contributed by atoms with E-state index in [4.69, 9.17) is 10.5 Å². The fourth-order valence-corrected chi connectivity index (χ4v) is 1.77. The maximum Gasteiger partial charge on any atom is 0.0480 e. The molecule has 0 unspecified atom stereocenters. The number of nitrogens with zero attached hydrogens (tertiary/aromatic N) is 1. The minimum Gasteiger partial charge on any atom is -0.381 e. The van der Waals surface area contributed by atoms with Crippen molar-refractivity contribution in [3.05, 3.63) is 0 Å². The van der Waals surface area contributed by atoms with Crippen molar-refractivity contribution >= 4 is 0 Å². The molecule has 1 aliphatic rings. The fourth-order valence-electron chi connectivity index (χ4n) is 1.77. The van der Waals surface area contributed by atoms with Gasteiger partial charge in [0, 0.05) is 24.8 Å². The number of rotatable bonds is 4. The van der Waals surface area contributed by atoms with Gasteiger partial charge in [0.1, 0.15) is 0 Å². The second kappa shape index (κ2) is 5.10. The lowest BCUT2D eigenvalue weighted by Gasteiger charge is -2.32. The van der Waals surface area contributed by atoms with Crippen LogP contribution in [0.5, 0.6) is 0 Å². The van der Waals surface area contributed by atoms with Gasteiger partial charge in [0.25, 0.3) is 0 Å². The number of hydrogen-bond acceptors (Lipinski definition) is 3. The Morgan fingerprint density at radius 3 is 2.43 bits per heavy atom. The quantitative estimate of drug-likeness (QED) is 0.741. The lowest BCUT2D eigenvalue weighted by Crippen LogP contribution is -2.41. The first-order valence-electron chi connectivity index (χ1n) is 5.56. The molecule has 0 radical (unpaired) electrons. The van der Waals surface area contributed by atoms with Crippen LogP contribution in [0.2, 0.25) is 0 Å². The van der Waals surface area contributed by atoms with E-state index < -0.39 is 0 Å². The normalized spacial score (nSPS) is 20.4. The van der Waals surface area contributed by atoms with Gasteiger partial charge in [-0.1, -0.05) is 0 Å². The van der Waals surface area contributed by atoms with Gasteiger partial charge >= 0.3 is 0 Å². The first-order valence-corrected chi connectivity index (χ1v) is 5.56. The standard InChI is InChI=1S/C11H24N2O/c1-11(2,12)6-7-13(3)10-4-8-14-9-5-10/h10H,4-9,12H2,1-3H3. The van der Waals surface area contributed by atoms with Gasteiger partial charge in [0.05, 0.1) is 0 Å². The Morgan fingerprint density at radius 1 is 1.36 bits per heavy atom. The van der Waals surface area contributed by atoms with Crippen molar-refractivity contribution in [3.8, 4) is 0 Å². The number of ether oxygens (including phenoxy) is 1. The van der Waals surface area contributed by atoms with Gasteiger partial charge < -0.3 is 15.4 Å². The number of hydrogen-bond donors (Lipinski definition) is 1. The van der Waals surface area contributed by atoms with Crippen LogP contribution in [0.1, 0.15) is 33.1 Å². The van der Waals surface area contributed by atoms with Crippen molar-refractivity contribution in [1.82, 2.24) is 4.90 Å². The summed E-state index contributed by atoms with van der Waals surface area (Å²) < 4.78 is 5.34. The van der Waals surface area contributed by atoms with Gasteiger partial charge in [0.15, 0.2) is 0 Å². The molecule has 1 heterocycles. The van der Waals surface area contributed by atoms with E-state index in [1.807, 2.05) is 0 Å². The molecule has 0 spiro atoms. The molecule has 1 saturated heterocycles. The molecule has 1 aliphatic heterocycles. The van der Waals surface area contributed by atoms with Crippen molar-refractivity contribution in [2.75, 3.05) is 26.8 Å². The summed E-state index contributed by atoms with van der Waals surface area (Å²) in [5, 5.41) is 0. The summed E-state index contributed by atoms with van der Waals surface area (Å²) in [5.74, 6) is 0. The second-order valence-electron chi connectivity index (χ2n) is 5.06. The molecule has 3 nitrogen and oxygen atoms in total. The van der Waals surface area contributed by atoms with E-state index in [1.54, 1.807) is 0 Å². The van der Waals surface area contributed by atoms with Crippen molar-refractivity contribution in [3.63, 3.8) is 0 Å². The smallest absolute Gasteiger partial charge is 0.0480 e. The molecule has 0 saturated carbocycles. The Labute approximate surface area is 87.6 Å². The van der Waals surface area contributed by atoms with E-state index in [2.05, 4.69) is 25.8 Å². The molecule has 3 heteroatoms. The predicted molar refractivity (Wildman–Crippen MR) is 59.4 cm³/mol. The van der Waals surface area contributed by atoms with Crippen LogP contribution >= 0.6 is 0 Å². The molecule has 0 aromatic rings. The Bertz CT molecular complexity index is 159. The second-order valence-corrected chi connectivity index (χ2v) is 5.06. The predicted octanol–water partition coefficient (Wildman–Crippen LogP) is 1.22. The van der Waals surface area contributed by atoms with Crippen LogP contribution in [0.15, 0.2) is 0 Å². The largest absolute Gasteiger partial charge is 0.381 e. The molecule has 2 N–H and O–H groups in total. The number of nitrogens with two attached hydrogens (primary N) is 1. The molecular formula is C11H24N2O. The van der Waals surface area contributed by atoms with Gasteiger partial charge in [-0.15, -0.1) is 0 Å². The monoisotopic (exact) mass is 200 g/mol. The average molecular weight is 200 g/mol. The Balaban J connectivity index is 2.23. The van der Waals surface area contributed by atoms with Crippen molar-refractivity contribution < 1.29 is 4.74 Å². The fraction of sp³-hybridized carbons (Fsp3) is 1.00. The zero-order valence-corrected chi connectivity index (χ0v) is 9.75. The van der Waals surface area contributed by atoms with Crippen molar-refractivity contribution in [2.45, 2.75) is 44.7 Å². The van der Waals surface area contributed by atoms with E-state index in [0.29, 0.717) is 6.04 Å². The molecule has 14 heavy (non-hydrogen) atoms. The highest BCUT2D eigenvalue weighted by Crippen LogP contribution is 2.14. The SMILES string of the molecule is CN(CCC(C)(C)N)C1CCOCC1. The van der Waals surface area contributed by atoms with E-state index in [0.717, 1.165) is 26.2 Å². The molecule has 1 fully saturated rings. The first-order chi connectivity index (χ1) is 6.49. The van der Waals surface area contributed by atoms with E-state index in [9.17, 15) is 0 Å². The third-order valence-electron chi connectivity index (χ3n) is 2.92. The highest BCUT2D eigenvalue weighted by atomic mass is 16.5. The van der Waals surface area contributed by atoms with Gasteiger partial charge in [-0.05, 0) is 46.7 Å². The molecule has 84 valence electrons. The zero-order valence-electron chi connectivity index (χ0n) is 9.75. The summed E-state index contributed by atoms with van der Waals surface area (Å²) in [5.41, 5.74) is 5.92. The lowest BCUT2D eigenvalue weighted by molar-refractivity contribution is 0.0414. The van der Waals surface area contributed by atoms with Crippen LogP contribution in [0, 0.1) is 0 Å². The molecule has 0 aliphatic carbocycles. The third-order valence-corrected chi connectivity index (χ3v) is 2.92. The molecule has 0 aromatic carbocycles. The van der Waals surface area contributed by atoms with E-state index >= 15 is 0 Å². The lowest BCUT2D eigenvalue weighted by atomic mass is 10.0. The third kappa shape index (κ3) is 4.40. The summed E-state index contributed by atoms with van der Waals surface area (Å²) in [6.07, 6.45) is 3.39. The van der Waals surface area contributed by atoms with Crippen molar-refractivity contribution in [1.29, 1.82) is 0 Å². The van der Waals surface area contributed by atoms with Gasteiger partial charge in [-0.2, -0.15) is 0 Å². The molecule has 0 atom stereocenters. The van der Waals surface area contributed by atoms with Crippen LogP contribution in [-0.4, -0.2) is 43.3 Å². The molecule has 1 rings (SSSR count). The Kier molecular flexibility index (Phi) is 4.35. The summed E-state index contributed by atoms with van der Waals surface area (Å²) in [7, 11) is 2.20. The highest BCUT2D eigenvalue weighted by Gasteiger charge is 2.20. The topological polar surface area (TPSA) is 38.5 Å². The maximum atomic E-state index is 5.96. The van der Waals surface area contributed by atoms with E-state index in [1.165, 1.54) is 12.8 Å². The summed E-state index contributed by atoms with van der Waals surface area (Å²) in [6, 6.07) is 0.700. The first kappa shape index (κ1) is 12.0. The van der Waals surface area contributed by atoms with Gasteiger partial charge in [-0.3, -0.25) is 0 Å². The summed E-state index contributed by atoms with van der Waals surface area (Å²) >= 11 is 0. The molecule has 0 aromatic heterocycles. The summed E-state index contributed by atoms with van der Waals surface area (Å²) in [4.78, 5) is 2.43. The Hall–Kier alpha value is -0.120. The average Bonchev–Trinajstić information content (AvgIpc) is 2.14. The van der Waals surface area contributed by atoms with Crippen LogP contribution in [0.3, 0.4) is 0 Å². The molecule has 0 bridgehead atoms. The highest BCUT2D eigenvalue weighted by molar-refractivity contribution is 4.77. The molecular weight excluding hydrogens is 176 g/mol. The van der Waals surface area contributed by atoms with Crippen molar-refractivity contribution in [2.24, 2.45) is 5.73 Å². The van der Waals surface area contributed by atoms with E-state index in [-0.39, 0.29) is 5.54 Å². The maximum absolute atomic E-state index is 5.96. The van der Waals surface area contributed by atoms with Crippen LogP contribution in [0.25, 0.3) is 0 Å². The molecule has 0 amide bonds. The van der Waals surface area contributed by atoms with Crippen LogP contribution < -0.4 is 5.73 Å². The minimum atomic E-state index is -0.0422. The Morgan fingerprint density at radius 2 is 1.93 bits per heavy atom. The van der Waals surface area contributed by atoms with Gasteiger partial charge in [0.2, 0.25) is 0 Å². The van der Waals surface area contributed by atoms with Crippen LogP contribution in [0.4, 0.5) is 0 Å². The minimum absolute atomic E-state index is 0.0422.